The SMILES string of the molecule is C[C@@H](CO)NC(=O)C1CC(c2ccc3c(c2)CCO3)NN1. The van der Waals surface area contributed by atoms with E-state index in [1.54, 1.807) is 6.92 Å². The third-order valence-electron chi connectivity index (χ3n) is 4.00. The maximum absolute atomic E-state index is 12.0. The maximum Gasteiger partial charge on any atom is 0.238 e. The van der Waals surface area contributed by atoms with Crippen LogP contribution in [0.3, 0.4) is 0 Å². The monoisotopic (exact) mass is 291 g/mol. The highest BCUT2D eigenvalue weighted by molar-refractivity contribution is 5.82. The van der Waals surface area contributed by atoms with E-state index < -0.39 is 0 Å². The van der Waals surface area contributed by atoms with Crippen LogP contribution in [0.5, 0.6) is 5.75 Å². The van der Waals surface area contributed by atoms with Crippen LogP contribution in [-0.2, 0) is 11.2 Å². The Morgan fingerprint density at radius 1 is 1.52 bits per heavy atom. The van der Waals surface area contributed by atoms with Crippen molar-refractivity contribution in [2.75, 3.05) is 13.2 Å². The molecular formula is C15H21N3O3. The molecule has 0 aromatic heterocycles. The Kier molecular flexibility index (Phi) is 4.10. The normalized spacial score (nSPS) is 25.2. The lowest BCUT2D eigenvalue weighted by atomic mass is 9.99. The first-order chi connectivity index (χ1) is 10.2. The van der Waals surface area contributed by atoms with Gasteiger partial charge in [-0.05, 0) is 30.5 Å². The Morgan fingerprint density at radius 3 is 3.19 bits per heavy atom. The Hall–Kier alpha value is -1.63. The molecule has 4 N–H and O–H groups in total. The van der Waals surface area contributed by atoms with Crippen molar-refractivity contribution in [3.63, 3.8) is 0 Å². The predicted molar refractivity (Wildman–Crippen MR) is 77.7 cm³/mol. The largest absolute Gasteiger partial charge is 0.493 e. The van der Waals surface area contributed by atoms with E-state index >= 15 is 0 Å². The molecule has 21 heavy (non-hydrogen) atoms. The number of hydrazine groups is 1. The van der Waals surface area contributed by atoms with Crippen LogP contribution in [0.1, 0.15) is 30.5 Å². The first-order valence-electron chi connectivity index (χ1n) is 7.35. The number of carbonyl (C=O) groups is 1. The van der Waals surface area contributed by atoms with Gasteiger partial charge in [0.25, 0.3) is 0 Å². The lowest BCUT2D eigenvalue weighted by molar-refractivity contribution is -0.123. The van der Waals surface area contributed by atoms with Gasteiger partial charge < -0.3 is 15.2 Å². The van der Waals surface area contributed by atoms with Gasteiger partial charge in [-0.15, -0.1) is 0 Å². The third kappa shape index (κ3) is 3.02. The van der Waals surface area contributed by atoms with Crippen molar-refractivity contribution in [3.05, 3.63) is 29.3 Å². The van der Waals surface area contributed by atoms with Crippen LogP contribution in [-0.4, -0.2) is 36.3 Å². The van der Waals surface area contributed by atoms with Crippen molar-refractivity contribution in [1.82, 2.24) is 16.2 Å². The van der Waals surface area contributed by atoms with Gasteiger partial charge in [-0.3, -0.25) is 4.79 Å². The second kappa shape index (κ2) is 6.01. The van der Waals surface area contributed by atoms with Crippen LogP contribution in [0.25, 0.3) is 0 Å². The number of hydrogen-bond donors (Lipinski definition) is 4. The van der Waals surface area contributed by atoms with Gasteiger partial charge in [-0.25, -0.2) is 10.9 Å². The summed E-state index contributed by atoms with van der Waals surface area (Å²) in [5, 5.41) is 11.8. The highest BCUT2D eigenvalue weighted by Gasteiger charge is 2.31. The smallest absolute Gasteiger partial charge is 0.238 e. The molecule has 0 aliphatic carbocycles. The quantitative estimate of drug-likeness (QED) is 0.629. The topological polar surface area (TPSA) is 82.6 Å². The number of aliphatic hydroxyl groups excluding tert-OH is 1. The summed E-state index contributed by atoms with van der Waals surface area (Å²) in [6.45, 7) is 2.47. The molecule has 0 bridgehead atoms. The molecule has 0 saturated carbocycles. The summed E-state index contributed by atoms with van der Waals surface area (Å²) in [5.41, 5.74) is 8.60. The summed E-state index contributed by atoms with van der Waals surface area (Å²) >= 11 is 0. The number of rotatable bonds is 4. The molecule has 1 aromatic carbocycles. The van der Waals surface area contributed by atoms with Crippen molar-refractivity contribution < 1.29 is 14.6 Å². The molecule has 2 aliphatic heterocycles. The van der Waals surface area contributed by atoms with E-state index in [2.05, 4.69) is 22.2 Å². The standard InChI is InChI=1S/C15H21N3O3/c1-9(8-19)16-15(20)13-7-12(17-18-13)10-2-3-14-11(6-10)4-5-21-14/h2-3,6,9,12-13,17-19H,4-5,7-8H2,1H3,(H,16,20)/t9-,12?,13?/m0/s1. The van der Waals surface area contributed by atoms with Crippen molar-refractivity contribution in [3.8, 4) is 5.75 Å². The molecule has 114 valence electrons. The Bertz CT molecular complexity index is 535. The minimum absolute atomic E-state index is 0.0554. The zero-order valence-electron chi connectivity index (χ0n) is 12.1. The fourth-order valence-electron chi connectivity index (χ4n) is 2.76. The highest BCUT2D eigenvalue weighted by atomic mass is 16.5. The van der Waals surface area contributed by atoms with E-state index in [9.17, 15) is 4.79 Å². The molecule has 1 fully saturated rings. The van der Waals surface area contributed by atoms with E-state index in [4.69, 9.17) is 9.84 Å². The Labute approximate surface area is 123 Å². The fourth-order valence-corrected chi connectivity index (χ4v) is 2.76. The summed E-state index contributed by atoms with van der Waals surface area (Å²) in [6, 6.07) is 5.79. The van der Waals surface area contributed by atoms with Gasteiger partial charge in [0.2, 0.25) is 5.91 Å². The molecule has 6 nitrogen and oxygen atoms in total. The van der Waals surface area contributed by atoms with Crippen LogP contribution in [0.4, 0.5) is 0 Å². The van der Waals surface area contributed by atoms with Gasteiger partial charge in [0.15, 0.2) is 0 Å². The van der Waals surface area contributed by atoms with Crippen molar-refractivity contribution in [2.45, 2.75) is 37.9 Å². The first kappa shape index (κ1) is 14.3. The van der Waals surface area contributed by atoms with Crippen LogP contribution in [0.15, 0.2) is 18.2 Å². The maximum atomic E-state index is 12.0. The Morgan fingerprint density at radius 2 is 2.38 bits per heavy atom. The molecule has 2 unspecified atom stereocenters. The Balaban J connectivity index is 1.63. The molecule has 0 radical (unpaired) electrons. The lowest BCUT2D eigenvalue weighted by Crippen LogP contribution is -2.47. The molecule has 6 heteroatoms. The lowest BCUT2D eigenvalue weighted by Gasteiger charge is -2.14. The summed E-state index contributed by atoms with van der Waals surface area (Å²) in [5.74, 6) is 0.881. The number of ether oxygens (including phenoxy) is 1. The van der Waals surface area contributed by atoms with E-state index in [-0.39, 0.29) is 30.6 Å². The summed E-state index contributed by atoms with van der Waals surface area (Å²) in [6.07, 6.45) is 1.63. The molecule has 1 aromatic rings. The average Bonchev–Trinajstić information content (AvgIpc) is 3.15. The number of nitrogens with one attached hydrogen (secondary N) is 3. The molecular weight excluding hydrogens is 270 g/mol. The van der Waals surface area contributed by atoms with Gasteiger partial charge in [0.1, 0.15) is 11.8 Å². The first-order valence-corrected chi connectivity index (χ1v) is 7.35. The van der Waals surface area contributed by atoms with Crippen LogP contribution >= 0.6 is 0 Å². The van der Waals surface area contributed by atoms with Crippen molar-refractivity contribution in [2.24, 2.45) is 0 Å². The minimum atomic E-state index is -0.284. The number of hydrogen-bond acceptors (Lipinski definition) is 5. The molecule has 2 heterocycles. The summed E-state index contributed by atoms with van der Waals surface area (Å²) in [4.78, 5) is 12.0. The van der Waals surface area contributed by atoms with E-state index in [1.165, 1.54) is 5.56 Å². The highest BCUT2D eigenvalue weighted by Crippen LogP contribution is 2.30. The predicted octanol–water partition coefficient (Wildman–Crippen LogP) is 0.0261. The third-order valence-corrected chi connectivity index (χ3v) is 4.00. The van der Waals surface area contributed by atoms with Gasteiger partial charge >= 0.3 is 0 Å². The average molecular weight is 291 g/mol. The van der Waals surface area contributed by atoms with Gasteiger partial charge in [-0.2, -0.15) is 0 Å². The molecule has 0 spiro atoms. The minimum Gasteiger partial charge on any atom is -0.493 e. The number of benzene rings is 1. The van der Waals surface area contributed by atoms with E-state index in [1.807, 2.05) is 12.1 Å². The number of aliphatic hydroxyl groups is 1. The number of carbonyl (C=O) groups excluding carboxylic acids is 1. The zero-order chi connectivity index (χ0) is 14.8. The van der Waals surface area contributed by atoms with E-state index in [0.717, 1.165) is 24.3 Å². The zero-order valence-corrected chi connectivity index (χ0v) is 12.1. The summed E-state index contributed by atoms with van der Waals surface area (Å²) < 4.78 is 5.51. The van der Waals surface area contributed by atoms with Crippen molar-refractivity contribution >= 4 is 5.91 Å². The van der Waals surface area contributed by atoms with Crippen LogP contribution < -0.4 is 20.9 Å². The molecule has 2 aliphatic rings. The second-order valence-electron chi connectivity index (χ2n) is 5.69. The second-order valence-corrected chi connectivity index (χ2v) is 5.69. The summed E-state index contributed by atoms with van der Waals surface area (Å²) in [7, 11) is 0. The molecule has 1 amide bonds. The number of amides is 1. The fraction of sp³-hybridized carbons (Fsp3) is 0.533. The van der Waals surface area contributed by atoms with E-state index in [0.29, 0.717) is 6.42 Å². The van der Waals surface area contributed by atoms with Gasteiger partial charge in [-0.1, -0.05) is 12.1 Å². The number of fused-ring (bicyclic) bond motifs is 1. The van der Waals surface area contributed by atoms with Crippen LogP contribution in [0, 0.1) is 0 Å². The molecule has 3 atom stereocenters. The van der Waals surface area contributed by atoms with Crippen molar-refractivity contribution in [1.29, 1.82) is 0 Å². The van der Waals surface area contributed by atoms with Gasteiger partial charge in [0, 0.05) is 18.5 Å². The van der Waals surface area contributed by atoms with Gasteiger partial charge in [0.05, 0.1) is 13.2 Å². The van der Waals surface area contributed by atoms with Crippen LogP contribution in [0.2, 0.25) is 0 Å². The molecule has 1 saturated heterocycles. The molecule has 3 rings (SSSR count).